The molecule has 2 heterocycles. The number of carbonyl (C=O) groups is 2. The Balaban J connectivity index is 1.67. The fraction of sp³-hybridized carbons (Fsp3) is 0.400. The van der Waals surface area contributed by atoms with Crippen LogP contribution in [0.3, 0.4) is 0 Å². The molecule has 0 fully saturated rings. The van der Waals surface area contributed by atoms with Gasteiger partial charge in [-0.05, 0) is 0 Å². The topological polar surface area (TPSA) is 128 Å². The van der Waals surface area contributed by atoms with E-state index in [0.29, 0.717) is 26.1 Å². The Morgan fingerprint density at radius 3 is 2.80 bits per heavy atom. The van der Waals surface area contributed by atoms with E-state index in [0.717, 1.165) is 0 Å². The van der Waals surface area contributed by atoms with Crippen LogP contribution >= 0.6 is 0 Å². The van der Waals surface area contributed by atoms with Gasteiger partial charge in [0.15, 0.2) is 5.69 Å². The number of carboxylic acid groups (broad SMARTS) is 1. The molecule has 106 valence electrons. The maximum absolute atomic E-state index is 11.5. The third-order valence-electron chi connectivity index (χ3n) is 2.46. The van der Waals surface area contributed by atoms with E-state index in [-0.39, 0.29) is 11.6 Å². The fourth-order valence-electron chi connectivity index (χ4n) is 1.47. The van der Waals surface area contributed by atoms with Crippen LogP contribution in [0.25, 0.3) is 0 Å². The summed E-state index contributed by atoms with van der Waals surface area (Å²) in [7, 11) is 0. The van der Waals surface area contributed by atoms with Crippen molar-refractivity contribution in [3.8, 4) is 0 Å². The molecule has 0 aliphatic rings. The van der Waals surface area contributed by atoms with Gasteiger partial charge in [0.2, 0.25) is 5.91 Å². The van der Waals surface area contributed by atoms with Crippen LogP contribution in [-0.2, 0) is 17.9 Å². The van der Waals surface area contributed by atoms with Gasteiger partial charge in [0, 0.05) is 13.0 Å². The summed E-state index contributed by atoms with van der Waals surface area (Å²) < 4.78 is 2.93. The van der Waals surface area contributed by atoms with E-state index in [1.165, 1.54) is 23.5 Å². The lowest BCUT2D eigenvalue weighted by Crippen LogP contribution is -2.28. The number of carboxylic acids is 1. The predicted octanol–water partition coefficient (Wildman–Crippen LogP) is -1.23. The maximum atomic E-state index is 11.5. The van der Waals surface area contributed by atoms with E-state index >= 15 is 0 Å². The Hall–Kier alpha value is -2.78. The van der Waals surface area contributed by atoms with Gasteiger partial charge in [0.05, 0.1) is 19.3 Å². The number of amides is 1. The molecule has 0 atom stereocenters. The van der Waals surface area contributed by atoms with Crippen LogP contribution in [0, 0.1) is 0 Å². The van der Waals surface area contributed by atoms with Gasteiger partial charge in [-0.2, -0.15) is 5.10 Å². The Kier molecular flexibility index (Phi) is 4.37. The molecule has 0 radical (unpaired) electrons. The average Bonchev–Trinajstić information content (AvgIpc) is 3.07. The highest BCUT2D eigenvalue weighted by Gasteiger charge is 2.08. The normalized spacial score (nSPS) is 10.4. The first-order valence-electron chi connectivity index (χ1n) is 5.87. The van der Waals surface area contributed by atoms with Gasteiger partial charge >= 0.3 is 5.97 Å². The summed E-state index contributed by atoms with van der Waals surface area (Å²) in [4.78, 5) is 25.9. The molecular weight excluding hydrogens is 266 g/mol. The number of carbonyl (C=O) groups excluding carboxylic acids is 1. The Bertz CT molecular complexity index is 577. The van der Waals surface area contributed by atoms with Crippen molar-refractivity contribution >= 4 is 11.9 Å². The molecule has 1 amide bonds. The van der Waals surface area contributed by atoms with Gasteiger partial charge in [-0.15, -0.1) is 5.10 Å². The molecule has 0 aliphatic carbocycles. The van der Waals surface area contributed by atoms with Crippen LogP contribution in [0.2, 0.25) is 0 Å². The van der Waals surface area contributed by atoms with Gasteiger partial charge in [0.25, 0.3) is 0 Å². The van der Waals surface area contributed by atoms with Gasteiger partial charge in [-0.1, -0.05) is 5.21 Å². The maximum Gasteiger partial charge on any atom is 0.358 e. The summed E-state index contributed by atoms with van der Waals surface area (Å²) in [6.07, 6.45) is 4.55. The summed E-state index contributed by atoms with van der Waals surface area (Å²) in [5.41, 5.74) is -0.123. The van der Waals surface area contributed by atoms with Gasteiger partial charge in [0.1, 0.15) is 12.7 Å². The molecule has 2 aromatic rings. The number of aromatic nitrogens is 6. The lowest BCUT2D eigenvalue weighted by Gasteiger charge is -2.04. The second kappa shape index (κ2) is 6.41. The number of nitrogens with zero attached hydrogens (tertiary/aromatic N) is 6. The Morgan fingerprint density at radius 1 is 1.30 bits per heavy atom. The van der Waals surface area contributed by atoms with Crippen molar-refractivity contribution < 1.29 is 14.7 Å². The highest BCUT2D eigenvalue weighted by molar-refractivity contribution is 5.84. The van der Waals surface area contributed by atoms with E-state index in [4.69, 9.17) is 5.11 Å². The zero-order valence-electron chi connectivity index (χ0n) is 10.5. The van der Waals surface area contributed by atoms with Crippen molar-refractivity contribution in [2.24, 2.45) is 0 Å². The molecule has 2 aromatic heterocycles. The molecule has 2 N–H and O–H groups in total. The molecule has 0 aromatic carbocycles. The summed E-state index contributed by atoms with van der Waals surface area (Å²) in [5, 5.41) is 22.4. The number of aromatic carboxylic acids is 1. The van der Waals surface area contributed by atoms with E-state index in [1.54, 1.807) is 4.68 Å². The molecule has 0 aliphatic heterocycles. The van der Waals surface area contributed by atoms with E-state index in [9.17, 15) is 9.59 Å². The third-order valence-corrected chi connectivity index (χ3v) is 2.46. The number of aryl methyl sites for hydroxylation is 1. The number of hydrogen-bond donors (Lipinski definition) is 2. The van der Waals surface area contributed by atoms with Crippen LogP contribution in [0.15, 0.2) is 18.9 Å². The fourth-order valence-corrected chi connectivity index (χ4v) is 1.47. The zero-order valence-corrected chi connectivity index (χ0v) is 10.5. The standard InChI is InChI=1S/C10H13N7O3/c18-9(1-3-17-7-11-6-13-17)12-2-4-16-5-8(10(19)20)14-15-16/h5-7H,1-4H2,(H,12,18)(H,19,20). The van der Waals surface area contributed by atoms with Crippen molar-refractivity contribution in [1.82, 2.24) is 35.1 Å². The van der Waals surface area contributed by atoms with Crippen molar-refractivity contribution in [2.45, 2.75) is 19.5 Å². The van der Waals surface area contributed by atoms with Gasteiger partial charge < -0.3 is 10.4 Å². The lowest BCUT2D eigenvalue weighted by molar-refractivity contribution is -0.121. The number of hydrogen-bond acceptors (Lipinski definition) is 6. The molecule has 0 bridgehead atoms. The minimum atomic E-state index is -1.13. The Morgan fingerprint density at radius 2 is 2.15 bits per heavy atom. The summed E-state index contributed by atoms with van der Waals surface area (Å²) in [5.74, 6) is -1.26. The molecule has 10 nitrogen and oxygen atoms in total. The lowest BCUT2D eigenvalue weighted by atomic mass is 10.4. The Labute approximate surface area is 113 Å². The quantitative estimate of drug-likeness (QED) is 0.649. The predicted molar refractivity (Wildman–Crippen MR) is 64.6 cm³/mol. The molecule has 0 unspecified atom stereocenters. The monoisotopic (exact) mass is 279 g/mol. The van der Waals surface area contributed by atoms with E-state index in [2.05, 4.69) is 25.7 Å². The van der Waals surface area contributed by atoms with Gasteiger partial charge in [-0.3, -0.25) is 9.48 Å². The van der Waals surface area contributed by atoms with Crippen molar-refractivity contribution in [2.75, 3.05) is 6.54 Å². The second-order valence-electron chi connectivity index (χ2n) is 3.93. The molecule has 20 heavy (non-hydrogen) atoms. The second-order valence-corrected chi connectivity index (χ2v) is 3.93. The largest absolute Gasteiger partial charge is 0.476 e. The zero-order chi connectivity index (χ0) is 14.4. The van der Waals surface area contributed by atoms with Crippen LogP contribution in [0.5, 0.6) is 0 Å². The van der Waals surface area contributed by atoms with Crippen molar-refractivity contribution in [1.29, 1.82) is 0 Å². The summed E-state index contributed by atoms with van der Waals surface area (Å²) >= 11 is 0. The SMILES string of the molecule is O=C(CCn1cncn1)NCCn1cc(C(=O)O)nn1. The first-order valence-corrected chi connectivity index (χ1v) is 5.87. The van der Waals surface area contributed by atoms with E-state index in [1.807, 2.05) is 0 Å². The highest BCUT2D eigenvalue weighted by atomic mass is 16.4. The van der Waals surface area contributed by atoms with Crippen LogP contribution in [0.1, 0.15) is 16.9 Å². The smallest absolute Gasteiger partial charge is 0.358 e. The van der Waals surface area contributed by atoms with Crippen molar-refractivity contribution in [3.63, 3.8) is 0 Å². The first-order chi connectivity index (χ1) is 9.65. The van der Waals surface area contributed by atoms with Crippen LogP contribution in [0.4, 0.5) is 0 Å². The van der Waals surface area contributed by atoms with Gasteiger partial charge in [-0.25, -0.2) is 14.5 Å². The first kappa shape index (κ1) is 13.6. The number of nitrogens with one attached hydrogen (secondary N) is 1. The number of rotatable bonds is 7. The molecule has 0 saturated carbocycles. The molecule has 2 rings (SSSR count). The van der Waals surface area contributed by atoms with E-state index < -0.39 is 5.97 Å². The molecule has 0 saturated heterocycles. The highest BCUT2D eigenvalue weighted by Crippen LogP contribution is 1.92. The van der Waals surface area contributed by atoms with Crippen LogP contribution in [-0.4, -0.2) is 53.3 Å². The third kappa shape index (κ3) is 3.86. The minimum absolute atomic E-state index is 0.123. The molecule has 10 heteroatoms. The minimum Gasteiger partial charge on any atom is -0.476 e. The summed E-state index contributed by atoms with van der Waals surface area (Å²) in [6.45, 7) is 1.16. The van der Waals surface area contributed by atoms with Crippen molar-refractivity contribution in [3.05, 3.63) is 24.5 Å². The average molecular weight is 279 g/mol. The molecule has 0 spiro atoms. The summed E-state index contributed by atoms with van der Waals surface area (Å²) in [6, 6.07) is 0. The molecular formula is C10H13N7O3. The van der Waals surface area contributed by atoms with Crippen LogP contribution < -0.4 is 5.32 Å².